The third-order valence-corrected chi connectivity index (χ3v) is 6.48. The number of benzene rings is 1. The van der Waals surface area contributed by atoms with Gasteiger partial charge in [-0.1, -0.05) is 24.3 Å². The second-order valence-electron chi connectivity index (χ2n) is 6.44. The van der Waals surface area contributed by atoms with Crippen molar-refractivity contribution in [1.29, 1.82) is 0 Å². The van der Waals surface area contributed by atoms with E-state index in [9.17, 15) is 14.4 Å². The fourth-order valence-electron chi connectivity index (χ4n) is 3.21. The van der Waals surface area contributed by atoms with Crippen molar-refractivity contribution in [3.63, 3.8) is 0 Å². The summed E-state index contributed by atoms with van der Waals surface area (Å²) in [5, 5.41) is 5.00. The number of thiophene rings is 1. The molecule has 0 bridgehead atoms. The Morgan fingerprint density at radius 2 is 1.90 bits per heavy atom. The van der Waals surface area contributed by atoms with Crippen molar-refractivity contribution >= 4 is 68.7 Å². The van der Waals surface area contributed by atoms with Crippen molar-refractivity contribution in [3.05, 3.63) is 75.0 Å². The first-order valence-corrected chi connectivity index (χ1v) is 10.7. The van der Waals surface area contributed by atoms with Crippen LogP contribution in [0.5, 0.6) is 0 Å². The predicted molar refractivity (Wildman–Crippen MR) is 127 cm³/mol. The number of nitrogens with one attached hydrogen (secondary N) is 1. The van der Waals surface area contributed by atoms with Crippen LogP contribution in [0.15, 0.2) is 75.1 Å². The molecule has 2 aromatic rings. The van der Waals surface area contributed by atoms with Gasteiger partial charge in [0, 0.05) is 16.6 Å². The highest BCUT2D eigenvalue weighted by atomic mass is 79.9. The van der Waals surface area contributed by atoms with Gasteiger partial charge in [-0.25, -0.2) is 9.79 Å². The SMILES string of the molecule is Br.COC(=O)C1=C(C)N=C2SC(C(=O)Nc3ccccc3)=CC(=O)N2C1c1cccs1. The van der Waals surface area contributed by atoms with Gasteiger partial charge in [0.1, 0.15) is 6.04 Å². The molecule has 4 rings (SSSR count). The molecule has 1 N–H and O–H groups in total. The minimum Gasteiger partial charge on any atom is -0.466 e. The maximum atomic E-state index is 13.1. The van der Waals surface area contributed by atoms with Crippen molar-refractivity contribution in [2.24, 2.45) is 4.99 Å². The van der Waals surface area contributed by atoms with Crippen LogP contribution >= 0.6 is 40.1 Å². The zero-order valence-electron chi connectivity index (χ0n) is 16.5. The van der Waals surface area contributed by atoms with Crippen LogP contribution < -0.4 is 5.32 Å². The van der Waals surface area contributed by atoms with Crippen LogP contribution in [0.4, 0.5) is 5.69 Å². The van der Waals surface area contributed by atoms with Gasteiger partial charge >= 0.3 is 5.97 Å². The van der Waals surface area contributed by atoms with Crippen LogP contribution in [-0.4, -0.2) is 35.0 Å². The highest BCUT2D eigenvalue weighted by molar-refractivity contribution is 8.93. The maximum Gasteiger partial charge on any atom is 0.338 e. The van der Waals surface area contributed by atoms with Gasteiger partial charge < -0.3 is 10.1 Å². The highest BCUT2D eigenvalue weighted by Crippen LogP contribution is 2.43. The van der Waals surface area contributed by atoms with E-state index in [0.29, 0.717) is 22.1 Å². The van der Waals surface area contributed by atoms with E-state index >= 15 is 0 Å². The van der Waals surface area contributed by atoms with Gasteiger partial charge in [0.2, 0.25) is 0 Å². The molecule has 1 atom stereocenters. The summed E-state index contributed by atoms with van der Waals surface area (Å²) < 4.78 is 4.94. The van der Waals surface area contributed by atoms with Crippen molar-refractivity contribution < 1.29 is 19.1 Å². The average Bonchev–Trinajstić information content (AvgIpc) is 3.27. The van der Waals surface area contributed by atoms with Gasteiger partial charge in [-0.05, 0) is 42.3 Å². The number of aliphatic imine (C=N–C) groups is 1. The monoisotopic (exact) mass is 519 g/mol. The van der Waals surface area contributed by atoms with Crippen LogP contribution in [0.2, 0.25) is 0 Å². The summed E-state index contributed by atoms with van der Waals surface area (Å²) in [6.07, 6.45) is 1.28. The van der Waals surface area contributed by atoms with Gasteiger partial charge in [0.25, 0.3) is 11.8 Å². The summed E-state index contributed by atoms with van der Waals surface area (Å²) in [6.45, 7) is 1.70. The molecule has 1 aromatic heterocycles. The van der Waals surface area contributed by atoms with E-state index in [1.807, 2.05) is 35.7 Å². The first-order chi connectivity index (χ1) is 14.5. The highest BCUT2D eigenvalue weighted by Gasteiger charge is 2.42. The molecular formula is C21H18BrN3O4S2. The Labute approximate surface area is 197 Å². The molecule has 160 valence electrons. The molecular weight excluding hydrogens is 502 g/mol. The first-order valence-electron chi connectivity index (χ1n) is 9.00. The van der Waals surface area contributed by atoms with Gasteiger partial charge in [-0.15, -0.1) is 28.3 Å². The molecule has 2 amide bonds. The number of para-hydroxylation sites is 1. The number of hydrogen-bond acceptors (Lipinski definition) is 7. The number of anilines is 1. The van der Waals surface area contributed by atoms with Crippen LogP contribution in [0.3, 0.4) is 0 Å². The third-order valence-electron chi connectivity index (χ3n) is 4.56. The topological polar surface area (TPSA) is 88.1 Å². The van der Waals surface area contributed by atoms with Crippen LogP contribution in [0, 0.1) is 0 Å². The molecule has 0 spiro atoms. The number of amides is 2. The van der Waals surface area contributed by atoms with Gasteiger partial charge in [-0.3, -0.25) is 14.5 Å². The molecule has 0 saturated heterocycles. The summed E-state index contributed by atoms with van der Waals surface area (Å²) >= 11 is 2.52. The summed E-state index contributed by atoms with van der Waals surface area (Å²) in [4.78, 5) is 45.2. The van der Waals surface area contributed by atoms with E-state index < -0.39 is 23.8 Å². The molecule has 3 heterocycles. The lowest BCUT2D eigenvalue weighted by molar-refractivity contribution is -0.137. The molecule has 2 aliphatic rings. The first kappa shape index (κ1) is 23.0. The van der Waals surface area contributed by atoms with Crippen LogP contribution in [0.25, 0.3) is 0 Å². The Bertz CT molecular complexity index is 1110. The second kappa shape index (κ2) is 9.63. The number of ether oxygens (including phenoxy) is 1. The lowest BCUT2D eigenvalue weighted by Crippen LogP contribution is -2.44. The van der Waals surface area contributed by atoms with E-state index in [-0.39, 0.29) is 21.9 Å². The minimum absolute atomic E-state index is 0. The molecule has 1 unspecified atom stereocenters. The molecule has 7 nitrogen and oxygen atoms in total. The number of carbonyl (C=O) groups excluding carboxylic acids is 3. The van der Waals surface area contributed by atoms with Crippen LogP contribution in [-0.2, 0) is 19.1 Å². The van der Waals surface area contributed by atoms with E-state index in [4.69, 9.17) is 4.74 Å². The van der Waals surface area contributed by atoms with E-state index in [1.54, 1.807) is 19.1 Å². The number of hydrogen-bond donors (Lipinski definition) is 1. The molecule has 0 saturated carbocycles. The number of esters is 1. The number of nitrogens with zero attached hydrogens (tertiary/aromatic N) is 2. The fraction of sp³-hybridized carbons (Fsp3) is 0.143. The smallest absolute Gasteiger partial charge is 0.338 e. The van der Waals surface area contributed by atoms with Gasteiger partial charge in [0.05, 0.1) is 23.3 Å². The number of fused-ring (bicyclic) bond motifs is 1. The standard InChI is InChI=1S/C21H17N3O4S2.BrH/c1-12-17(20(27)28-2)18(14-9-6-10-29-14)24-16(25)11-15(30-21(24)22-12)19(26)23-13-7-4-3-5-8-13;/h3-11,18H,1-2H3,(H,23,26);1H. The maximum absolute atomic E-state index is 13.1. The lowest BCUT2D eigenvalue weighted by Gasteiger charge is -2.37. The molecule has 10 heteroatoms. The zero-order valence-corrected chi connectivity index (χ0v) is 19.9. The van der Waals surface area contributed by atoms with Gasteiger partial charge in [-0.2, -0.15) is 0 Å². The Balaban J connectivity index is 0.00000272. The Morgan fingerprint density at radius 3 is 2.55 bits per heavy atom. The molecule has 31 heavy (non-hydrogen) atoms. The van der Waals surface area contributed by atoms with Crippen molar-refractivity contribution in [3.8, 4) is 0 Å². The van der Waals surface area contributed by atoms with E-state index in [0.717, 1.165) is 16.6 Å². The Hall–Kier alpha value is -2.69. The number of methoxy groups -OCH3 is 1. The average molecular weight is 520 g/mol. The zero-order chi connectivity index (χ0) is 21.3. The van der Waals surface area contributed by atoms with Crippen LogP contribution in [0.1, 0.15) is 17.8 Å². The Morgan fingerprint density at radius 1 is 1.16 bits per heavy atom. The van der Waals surface area contributed by atoms with E-state index in [1.165, 1.54) is 29.4 Å². The largest absolute Gasteiger partial charge is 0.466 e. The number of carbonyl (C=O) groups is 3. The lowest BCUT2D eigenvalue weighted by atomic mass is 10.0. The second-order valence-corrected chi connectivity index (χ2v) is 8.43. The number of halogens is 1. The summed E-state index contributed by atoms with van der Waals surface area (Å²) in [5.41, 5.74) is 1.39. The predicted octanol–water partition coefficient (Wildman–Crippen LogP) is 4.28. The molecule has 1 aromatic carbocycles. The van der Waals surface area contributed by atoms with Crippen molar-refractivity contribution in [1.82, 2.24) is 4.90 Å². The summed E-state index contributed by atoms with van der Waals surface area (Å²) in [6, 6.07) is 12.1. The normalized spacial score (nSPS) is 17.8. The van der Waals surface area contributed by atoms with E-state index in [2.05, 4.69) is 10.3 Å². The third kappa shape index (κ3) is 4.51. The quantitative estimate of drug-likeness (QED) is 0.609. The van der Waals surface area contributed by atoms with Crippen molar-refractivity contribution in [2.45, 2.75) is 13.0 Å². The fourth-order valence-corrected chi connectivity index (χ4v) is 5.01. The molecule has 0 fully saturated rings. The molecule has 0 radical (unpaired) electrons. The summed E-state index contributed by atoms with van der Waals surface area (Å²) in [7, 11) is 1.30. The number of allylic oxidation sites excluding steroid dienone is 1. The summed E-state index contributed by atoms with van der Waals surface area (Å²) in [5.74, 6) is -1.35. The number of thioether (sulfide) groups is 1. The number of rotatable bonds is 4. The van der Waals surface area contributed by atoms with Crippen molar-refractivity contribution in [2.75, 3.05) is 12.4 Å². The number of amidine groups is 1. The van der Waals surface area contributed by atoms with Gasteiger partial charge in [0.15, 0.2) is 5.17 Å². The Kier molecular flexibility index (Phi) is 7.14. The minimum atomic E-state index is -0.653. The molecule has 2 aliphatic heterocycles. The molecule has 0 aliphatic carbocycles.